The predicted molar refractivity (Wildman–Crippen MR) is 46.7 cm³/mol. The van der Waals surface area contributed by atoms with Crippen molar-refractivity contribution in [2.75, 3.05) is 13.7 Å². The van der Waals surface area contributed by atoms with Gasteiger partial charge in [-0.25, -0.2) is 0 Å². The summed E-state index contributed by atoms with van der Waals surface area (Å²) in [7, 11) is 2.02. The van der Waals surface area contributed by atoms with E-state index in [1.807, 2.05) is 7.05 Å². The van der Waals surface area contributed by atoms with Gasteiger partial charge in [0.1, 0.15) is 0 Å². The SMILES string of the molecule is CCC(NC)C1CCCCO1. The molecule has 1 fully saturated rings. The van der Waals surface area contributed by atoms with E-state index in [4.69, 9.17) is 4.74 Å². The van der Waals surface area contributed by atoms with Crippen LogP contribution in [0.25, 0.3) is 0 Å². The van der Waals surface area contributed by atoms with E-state index in [2.05, 4.69) is 12.2 Å². The Bertz CT molecular complexity index is 95.7. The number of rotatable bonds is 3. The van der Waals surface area contributed by atoms with E-state index in [0.717, 1.165) is 6.61 Å². The summed E-state index contributed by atoms with van der Waals surface area (Å²) in [5.41, 5.74) is 0. The molecule has 11 heavy (non-hydrogen) atoms. The molecule has 0 radical (unpaired) electrons. The minimum absolute atomic E-state index is 0.471. The highest BCUT2D eigenvalue weighted by Gasteiger charge is 2.20. The summed E-state index contributed by atoms with van der Waals surface area (Å²) < 4.78 is 5.66. The number of likely N-dealkylation sites (N-methyl/N-ethyl adjacent to an activating group) is 1. The Labute approximate surface area is 69.3 Å². The normalized spacial score (nSPS) is 28.4. The molecule has 2 nitrogen and oxygen atoms in total. The van der Waals surface area contributed by atoms with Crippen molar-refractivity contribution in [1.29, 1.82) is 0 Å². The lowest BCUT2D eigenvalue weighted by molar-refractivity contribution is -0.00668. The first-order valence-corrected chi connectivity index (χ1v) is 4.67. The lowest BCUT2D eigenvalue weighted by Crippen LogP contribution is -2.40. The van der Waals surface area contributed by atoms with Crippen LogP contribution in [0.2, 0.25) is 0 Å². The first-order chi connectivity index (χ1) is 5.38. The second-order valence-corrected chi connectivity index (χ2v) is 3.21. The van der Waals surface area contributed by atoms with Gasteiger partial charge in [0.25, 0.3) is 0 Å². The minimum atomic E-state index is 0.471. The van der Waals surface area contributed by atoms with Crippen LogP contribution in [-0.2, 0) is 4.74 Å². The van der Waals surface area contributed by atoms with Crippen LogP contribution in [0.3, 0.4) is 0 Å². The van der Waals surface area contributed by atoms with Crippen LogP contribution >= 0.6 is 0 Å². The fraction of sp³-hybridized carbons (Fsp3) is 1.00. The Morgan fingerprint density at radius 2 is 2.36 bits per heavy atom. The summed E-state index contributed by atoms with van der Waals surface area (Å²) >= 11 is 0. The van der Waals surface area contributed by atoms with E-state index >= 15 is 0 Å². The van der Waals surface area contributed by atoms with Crippen LogP contribution < -0.4 is 5.32 Å². The third-order valence-corrected chi connectivity index (χ3v) is 2.47. The predicted octanol–water partition coefficient (Wildman–Crippen LogP) is 1.55. The van der Waals surface area contributed by atoms with Gasteiger partial charge in [-0.15, -0.1) is 0 Å². The molecule has 1 rings (SSSR count). The monoisotopic (exact) mass is 157 g/mol. The zero-order valence-electron chi connectivity index (χ0n) is 7.60. The maximum atomic E-state index is 5.66. The van der Waals surface area contributed by atoms with Crippen molar-refractivity contribution in [3.05, 3.63) is 0 Å². The Morgan fingerprint density at radius 3 is 2.82 bits per heavy atom. The number of ether oxygens (including phenoxy) is 1. The molecule has 0 aromatic carbocycles. The van der Waals surface area contributed by atoms with E-state index in [0.29, 0.717) is 12.1 Å². The summed E-state index contributed by atoms with van der Waals surface area (Å²) in [6.07, 6.45) is 5.46. The molecule has 0 aromatic heterocycles. The molecule has 0 bridgehead atoms. The maximum Gasteiger partial charge on any atom is 0.0727 e. The molecule has 0 aromatic rings. The van der Waals surface area contributed by atoms with Gasteiger partial charge in [-0.3, -0.25) is 0 Å². The highest BCUT2D eigenvalue weighted by Crippen LogP contribution is 2.16. The fourth-order valence-corrected chi connectivity index (χ4v) is 1.74. The zero-order valence-corrected chi connectivity index (χ0v) is 7.60. The lowest BCUT2D eigenvalue weighted by Gasteiger charge is -2.29. The van der Waals surface area contributed by atoms with E-state index in [-0.39, 0.29) is 0 Å². The van der Waals surface area contributed by atoms with Gasteiger partial charge in [-0.05, 0) is 32.7 Å². The molecule has 0 aliphatic carbocycles. The van der Waals surface area contributed by atoms with E-state index in [9.17, 15) is 0 Å². The molecule has 1 aliphatic rings. The summed E-state index contributed by atoms with van der Waals surface area (Å²) in [5.74, 6) is 0. The van der Waals surface area contributed by atoms with Crippen LogP contribution in [0.1, 0.15) is 32.6 Å². The number of hydrogen-bond acceptors (Lipinski definition) is 2. The maximum absolute atomic E-state index is 5.66. The lowest BCUT2D eigenvalue weighted by atomic mass is 10.0. The molecule has 1 N–H and O–H groups in total. The zero-order chi connectivity index (χ0) is 8.10. The molecule has 2 atom stereocenters. The van der Waals surface area contributed by atoms with Gasteiger partial charge in [-0.1, -0.05) is 6.92 Å². The molecule has 1 heterocycles. The average Bonchev–Trinajstić information content (AvgIpc) is 2.09. The highest BCUT2D eigenvalue weighted by molar-refractivity contribution is 4.76. The van der Waals surface area contributed by atoms with Crippen molar-refractivity contribution in [1.82, 2.24) is 5.32 Å². The molecular weight excluding hydrogens is 138 g/mol. The van der Waals surface area contributed by atoms with E-state index in [1.54, 1.807) is 0 Å². The van der Waals surface area contributed by atoms with Crippen LogP contribution in [-0.4, -0.2) is 25.8 Å². The van der Waals surface area contributed by atoms with Crippen LogP contribution in [0.5, 0.6) is 0 Å². The summed E-state index contributed by atoms with van der Waals surface area (Å²) in [4.78, 5) is 0. The summed E-state index contributed by atoms with van der Waals surface area (Å²) in [5, 5.41) is 3.30. The Hall–Kier alpha value is -0.0800. The Morgan fingerprint density at radius 1 is 1.55 bits per heavy atom. The molecule has 0 saturated carbocycles. The standard InChI is InChI=1S/C9H19NO/c1-3-8(10-2)9-6-4-5-7-11-9/h8-10H,3-7H2,1-2H3. The number of nitrogens with one attached hydrogen (secondary N) is 1. The van der Waals surface area contributed by atoms with Crippen LogP contribution in [0, 0.1) is 0 Å². The summed E-state index contributed by atoms with van der Waals surface area (Å²) in [6, 6.07) is 0.565. The smallest absolute Gasteiger partial charge is 0.0727 e. The first kappa shape index (κ1) is 9.01. The molecule has 0 amide bonds. The van der Waals surface area contributed by atoms with Gasteiger partial charge in [0.05, 0.1) is 6.10 Å². The first-order valence-electron chi connectivity index (χ1n) is 4.67. The summed E-state index contributed by atoms with van der Waals surface area (Å²) in [6.45, 7) is 3.17. The van der Waals surface area contributed by atoms with E-state index in [1.165, 1.54) is 25.7 Å². The molecule has 1 aliphatic heterocycles. The molecule has 66 valence electrons. The van der Waals surface area contributed by atoms with Crippen LogP contribution in [0.4, 0.5) is 0 Å². The van der Waals surface area contributed by atoms with Gasteiger partial charge < -0.3 is 10.1 Å². The second-order valence-electron chi connectivity index (χ2n) is 3.21. The third kappa shape index (κ3) is 2.46. The van der Waals surface area contributed by atoms with E-state index < -0.39 is 0 Å². The van der Waals surface area contributed by atoms with Crippen molar-refractivity contribution >= 4 is 0 Å². The molecule has 0 spiro atoms. The highest BCUT2D eigenvalue weighted by atomic mass is 16.5. The van der Waals surface area contributed by atoms with Gasteiger partial charge in [-0.2, -0.15) is 0 Å². The molecule has 2 heteroatoms. The number of hydrogen-bond donors (Lipinski definition) is 1. The van der Waals surface area contributed by atoms with Crippen molar-refractivity contribution in [2.24, 2.45) is 0 Å². The van der Waals surface area contributed by atoms with Crippen molar-refractivity contribution < 1.29 is 4.74 Å². The largest absolute Gasteiger partial charge is 0.377 e. The van der Waals surface area contributed by atoms with Crippen LogP contribution in [0.15, 0.2) is 0 Å². The Kier molecular flexibility index (Phi) is 3.87. The van der Waals surface area contributed by atoms with Crippen molar-refractivity contribution in [2.45, 2.75) is 44.8 Å². The molecule has 2 unspecified atom stereocenters. The minimum Gasteiger partial charge on any atom is -0.377 e. The average molecular weight is 157 g/mol. The van der Waals surface area contributed by atoms with Crippen molar-refractivity contribution in [3.63, 3.8) is 0 Å². The third-order valence-electron chi connectivity index (χ3n) is 2.47. The van der Waals surface area contributed by atoms with Gasteiger partial charge in [0.15, 0.2) is 0 Å². The Balaban J connectivity index is 2.30. The molecule has 1 saturated heterocycles. The van der Waals surface area contributed by atoms with Crippen molar-refractivity contribution in [3.8, 4) is 0 Å². The topological polar surface area (TPSA) is 21.3 Å². The molecular formula is C9H19NO. The fourth-order valence-electron chi connectivity index (χ4n) is 1.74. The van der Waals surface area contributed by atoms with Gasteiger partial charge >= 0.3 is 0 Å². The van der Waals surface area contributed by atoms with Gasteiger partial charge in [0, 0.05) is 12.6 Å². The quantitative estimate of drug-likeness (QED) is 0.671. The second kappa shape index (κ2) is 4.73. The van der Waals surface area contributed by atoms with Gasteiger partial charge in [0.2, 0.25) is 0 Å².